The lowest BCUT2D eigenvalue weighted by Crippen LogP contribution is -2.25. The van der Waals surface area contributed by atoms with Gasteiger partial charge in [0.15, 0.2) is 0 Å². The second-order valence-corrected chi connectivity index (χ2v) is 7.45. The minimum Gasteiger partial charge on any atom is -0.356 e. The molecular formula is C23H37N3O. The number of nitrogens with zero attached hydrogens (tertiary/aromatic N) is 2. The lowest BCUT2D eigenvalue weighted by Gasteiger charge is -2.10. The van der Waals surface area contributed by atoms with Gasteiger partial charge in [0, 0.05) is 25.9 Å². The highest BCUT2D eigenvalue weighted by Crippen LogP contribution is 2.18. The Labute approximate surface area is 164 Å². The molecule has 0 saturated heterocycles. The number of carbonyl (C=O) groups excluding carboxylic acids is 1. The molecule has 2 rings (SSSR count). The topological polar surface area (TPSA) is 46.9 Å². The van der Waals surface area contributed by atoms with Crippen molar-refractivity contribution in [2.75, 3.05) is 6.54 Å². The number of carbonyl (C=O) groups is 1. The smallest absolute Gasteiger partial charge is 0.219 e. The van der Waals surface area contributed by atoms with E-state index in [4.69, 9.17) is 4.98 Å². The number of hydrogen-bond donors (Lipinski definition) is 1. The first-order chi connectivity index (χ1) is 13.3. The standard InChI is InChI=1S/C23H37N3O/c1-3-5-6-7-8-9-10-11-14-19-26-21-16-13-12-15-20(21)25-22(26)17-18-24-23(27)4-2/h12-13,15-16H,3-11,14,17-19H2,1-2H3,(H,24,27). The van der Waals surface area contributed by atoms with Crippen molar-refractivity contribution < 1.29 is 4.79 Å². The third kappa shape index (κ3) is 7.36. The van der Waals surface area contributed by atoms with Crippen LogP contribution in [0.15, 0.2) is 24.3 Å². The van der Waals surface area contributed by atoms with Gasteiger partial charge in [-0.15, -0.1) is 0 Å². The zero-order valence-electron chi connectivity index (χ0n) is 17.3. The van der Waals surface area contributed by atoms with E-state index in [1.807, 2.05) is 13.0 Å². The van der Waals surface area contributed by atoms with Crippen molar-refractivity contribution in [1.29, 1.82) is 0 Å². The number of benzene rings is 1. The van der Waals surface area contributed by atoms with Crippen molar-refractivity contribution in [2.24, 2.45) is 0 Å². The zero-order chi connectivity index (χ0) is 19.3. The highest BCUT2D eigenvalue weighted by molar-refractivity contribution is 5.76. The Morgan fingerprint density at radius 2 is 1.63 bits per heavy atom. The fourth-order valence-corrected chi connectivity index (χ4v) is 3.59. The van der Waals surface area contributed by atoms with Crippen LogP contribution in [0, 0.1) is 0 Å². The third-order valence-electron chi connectivity index (χ3n) is 5.21. The number of unbranched alkanes of at least 4 members (excludes halogenated alkanes) is 8. The van der Waals surface area contributed by atoms with E-state index in [1.54, 1.807) is 0 Å². The Kier molecular flexibility index (Phi) is 9.96. The molecule has 0 radical (unpaired) electrons. The lowest BCUT2D eigenvalue weighted by atomic mass is 10.1. The maximum atomic E-state index is 11.5. The molecule has 0 aliphatic heterocycles. The van der Waals surface area contributed by atoms with Gasteiger partial charge in [0.2, 0.25) is 5.91 Å². The predicted octanol–water partition coefficient (Wildman–Crippen LogP) is 5.64. The molecule has 0 bridgehead atoms. The maximum absolute atomic E-state index is 11.5. The molecule has 1 heterocycles. The Bertz CT molecular complexity index is 677. The minimum atomic E-state index is 0.108. The lowest BCUT2D eigenvalue weighted by molar-refractivity contribution is -0.120. The number of fused-ring (bicyclic) bond motifs is 1. The van der Waals surface area contributed by atoms with Crippen molar-refractivity contribution in [2.45, 2.75) is 91.0 Å². The van der Waals surface area contributed by atoms with E-state index >= 15 is 0 Å². The van der Waals surface area contributed by atoms with Crippen LogP contribution >= 0.6 is 0 Å². The van der Waals surface area contributed by atoms with Gasteiger partial charge in [0.05, 0.1) is 11.0 Å². The third-order valence-corrected chi connectivity index (χ3v) is 5.21. The average molecular weight is 372 g/mol. The van der Waals surface area contributed by atoms with Gasteiger partial charge in [-0.25, -0.2) is 4.98 Å². The summed E-state index contributed by atoms with van der Waals surface area (Å²) in [5.74, 6) is 1.20. The summed E-state index contributed by atoms with van der Waals surface area (Å²) >= 11 is 0. The van der Waals surface area contributed by atoms with Crippen molar-refractivity contribution in [3.63, 3.8) is 0 Å². The Morgan fingerprint density at radius 3 is 2.33 bits per heavy atom. The Balaban J connectivity index is 1.80. The van der Waals surface area contributed by atoms with Crippen molar-refractivity contribution in [1.82, 2.24) is 14.9 Å². The van der Waals surface area contributed by atoms with Gasteiger partial charge >= 0.3 is 0 Å². The molecule has 1 amide bonds. The number of hydrogen-bond acceptors (Lipinski definition) is 2. The summed E-state index contributed by atoms with van der Waals surface area (Å²) in [6.45, 7) is 5.83. The van der Waals surface area contributed by atoms with Crippen LogP contribution in [0.3, 0.4) is 0 Å². The second-order valence-electron chi connectivity index (χ2n) is 7.45. The van der Waals surface area contributed by atoms with Gasteiger partial charge in [-0.3, -0.25) is 4.79 Å². The molecule has 0 atom stereocenters. The molecule has 0 fully saturated rings. The van der Waals surface area contributed by atoms with E-state index in [0.29, 0.717) is 13.0 Å². The van der Waals surface area contributed by atoms with Crippen molar-refractivity contribution >= 4 is 16.9 Å². The fourth-order valence-electron chi connectivity index (χ4n) is 3.59. The summed E-state index contributed by atoms with van der Waals surface area (Å²) in [5, 5.41) is 2.97. The number of nitrogens with one attached hydrogen (secondary N) is 1. The predicted molar refractivity (Wildman–Crippen MR) is 114 cm³/mol. The van der Waals surface area contributed by atoms with Crippen LogP contribution in [-0.4, -0.2) is 22.0 Å². The van der Waals surface area contributed by atoms with Crippen LogP contribution < -0.4 is 5.32 Å². The summed E-state index contributed by atoms with van der Waals surface area (Å²) in [6, 6.07) is 8.36. The summed E-state index contributed by atoms with van der Waals surface area (Å²) < 4.78 is 2.36. The van der Waals surface area contributed by atoms with Crippen LogP contribution in [0.2, 0.25) is 0 Å². The molecule has 0 spiro atoms. The normalized spacial score (nSPS) is 11.2. The van der Waals surface area contributed by atoms with Gasteiger partial charge in [0.25, 0.3) is 0 Å². The van der Waals surface area contributed by atoms with E-state index in [1.165, 1.54) is 63.3 Å². The minimum absolute atomic E-state index is 0.108. The number of amides is 1. The molecule has 0 aliphatic rings. The van der Waals surface area contributed by atoms with E-state index < -0.39 is 0 Å². The first-order valence-electron chi connectivity index (χ1n) is 11.0. The summed E-state index contributed by atoms with van der Waals surface area (Å²) in [4.78, 5) is 16.3. The quantitative estimate of drug-likeness (QED) is 0.437. The van der Waals surface area contributed by atoms with E-state index in [-0.39, 0.29) is 5.91 Å². The second kappa shape index (κ2) is 12.5. The molecular weight excluding hydrogens is 334 g/mol. The number of para-hydroxylation sites is 2. The Hall–Kier alpha value is -1.84. The molecule has 27 heavy (non-hydrogen) atoms. The van der Waals surface area contributed by atoms with E-state index in [9.17, 15) is 4.79 Å². The highest BCUT2D eigenvalue weighted by Gasteiger charge is 2.10. The first kappa shape index (κ1) is 21.5. The van der Waals surface area contributed by atoms with Gasteiger partial charge in [0.1, 0.15) is 5.82 Å². The highest BCUT2D eigenvalue weighted by atomic mass is 16.1. The SMILES string of the molecule is CCCCCCCCCCCn1c(CCNC(=O)CC)nc2ccccc21. The van der Waals surface area contributed by atoms with Gasteiger partial charge in [-0.05, 0) is 18.6 Å². The number of imidazole rings is 1. The number of rotatable bonds is 14. The molecule has 1 aromatic heterocycles. The molecule has 1 aromatic carbocycles. The van der Waals surface area contributed by atoms with Crippen LogP contribution in [-0.2, 0) is 17.8 Å². The van der Waals surface area contributed by atoms with Gasteiger partial charge in [-0.2, -0.15) is 0 Å². The fraction of sp³-hybridized carbons (Fsp3) is 0.652. The maximum Gasteiger partial charge on any atom is 0.219 e. The molecule has 2 aromatic rings. The molecule has 4 heteroatoms. The molecule has 1 N–H and O–H groups in total. The van der Waals surface area contributed by atoms with Gasteiger partial charge < -0.3 is 9.88 Å². The first-order valence-corrected chi connectivity index (χ1v) is 11.0. The summed E-state index contributed by atoms with van der Waals surface area (Å²) in [5.41, 5.74) is 2.28. The van der Waals surface area contributed by atoms with Crippen LogP contribution in [0.1, 0.15) is 83.9 Å². The number of aromatic nitrogens is 2. The molecule has 0 aliphatic carbocycles. The van der Waals surface area contributed by atoms with Crippen molar-refractivity contribution in [3.05, 3.63) is 30.1 Å². The van der Waals surface area contributed by atoms with Gasteiger partial charge in [-0.1, -0.05) is 77.3 Å². The Morgan fingerprint density at radius 1 is 0.963 bits per heavy atom. The zero-order valence-corrected chi connectivity index (χ0v) is 17.3. The molecule has 150 valence electrons. The largest absolute Gasteiger partial charge is 0.356 e. The van der Waals surface area contributed by atoms with Crippen LogP contribution in [0.4, 0.5) is 0 Å². The summed E-state index contributed by atoms with van der Waals surface area (Å²) in [6.07, 6.45) is 13.4. The van der Waals surface area contributed by atoms with Crippen LogP contribution in [0.25, 0.3) is 11.0 Å². The number of aryl methyl sites for hydroxylation is 1. The summed E-state index contributed by atoms with van der Waals surface area (Å²) in [7, 11) is 0. The van der Waals surface area contributed by atoms with Crippen LogP contribution in [0.5, 0.6) is 0 Å². The van der Waals surface area contributed by atoms with E-state index in [2.05, 4.69) is 35.0 Å². The van der Waals surface area contributed by atoms with E-state index in [0.717, 1.165) is 24.3 Å². The molecule has 4 nitrogen and oxygen atoms in total. The van der Waals surface area contributed by atoms with Crippen molar-refractivity contribution in [3.8, 4) is 0 Å². The monoisotopic (exact) mass is 371 g/mol. The molecule has 0 saturated carbocycles. The molecule has 0 unspecified atom stereocenters. The average Bonchev–Trinajstić information content (AvgIpc) is 3.04.